The van der Waals surface area contributed by atoms with Gasteiger partial charge in [-0.1, -0.05) is 0 Å². The lowest BCUT2D eigenvalue weighted by Crippen LogP contribution is -2.30. The molecule has 110 valence electrons. The number of amides is 1. The van der Waals surface area contributed by atoms with Crippen LogP contribution in [-0.2, 0) is 16.1 Å². The minimum absolute atomic E-state index is 0.0563. The molecule has 1 amide bonds. The van der Waals surface area contributed by atoms with Gasteiger partial charge in [0, 0.05) is 7.05 Å². The van der Waals surface area contributed by atoms with E-state index in [9.17, 15) is 9.59 Å². The molecule has 1 aromatic heterocycles. The van der Waals surface area contributed by atoms with E-state index in [-0.39, 0.29) is 23.8 Å². The Labute approximate surface area is 121 Å². The topological polar surface area (TPSA) is 80.0 Å². The van der Waals surface area contributed by atoms with Gasteiger partial charge in [0.25, 0.3) is 5.91 Å². The van der Waals surface area contributed by atoms with Crippen molar-refractivity contribution >= 4 is 11.9 Å². The zero-order valence-electron chi connectivity index (χ0n) is 11.5. The first-order valence-electron chi connectivity index (χ1n) is 6.29. The van der Waals surface area contributed by atoms with Crippen LogP contribution in [0.15, 0.2) is 47.1 Å². The third kappa shape index (κ3) is 4.10. The highest BCUT2D eigenvalue weighted by molar-refractivity contribution is 5.91. The van der Waals surface area contributed by atoms with E-state index >= 15 is 0 Å². The SMILES string of the molecule is CN(Cc1ccco1)C(=O)COC(=O)c1ccc(O)cc1. The number of likely N-dealkylation sites (N-methyl/N-ethyl adjacent to an activating group) is 1. The summed E-state index contributed by atoms with van der Waals surface area (Å²) in [7, 11) is 1.60. The summed E-state index contributed by atoms with van der Waals surface area (Å²) in [5.74, 6) is -0.246. The first kappa shape index (κ1) is 14.6. The summed E-state index contributed by atoms with van der Waals surface area (Å²) in [6.45, 7) is -0.0422. The molecule has 2 rings (SSSR count). The highest BCUT2D eigenvalue weighted by Crippen LogP contribution is 2.10. The second kappa shape index (κ2) is 6.60. The molecule has 0 aliphatic rings. The molecule has 0 radical (unpaired) electrons. The first-order chi connectivity index (χ1) is 10.1. The fourth-order valence-corrected chi connectivity index (χ4v) is 1.64. The van der Waals surface area contributed by atoms with Gasteiger partial charge in [-0.15, -0.1) is 0 Å². The molecular weight excluding hydrogens is 274 g/mol. The second-order valence-corrected chi connectivity index (χ2v) is 4.45. The summed E-state index contributed by atoms with van der Waals surface area (Å²) in [5, 5.41) is 9.13. The molecule has 0 aliphatic carbocycles. The van der Waals surface area contributed by atoms with E-state index in [4.69, 9.17) is 14.3 Å². The van der Waals surface area contributed by atoms with Crippen LogP contribution in [0.3, 0.4) is 0 Å². The summed E-state index contributed by atoms with van der Waals surface area (Å²) in [5.41, 5.74) is 0.272. The van der Waals surface area contributed by atoms with Crippen molar-refractivity contribution in [2.45, 2.75) is 6.54 Å². The van der Waals surface area contributed by atoms with Gasteiger partial charge in [0.1, 0.15) is 11.5 Å². The quantitative estimate of drug-likeness (QED) is 0.849. The molecule has 2 aromatic rings. The number of hydrogen-bond acceptors (Lipinski definition) is 5. The summed E-state index contributed by atoms with van der Waals surface area (Å²) >= 11 is 0. The van der Waals surface area contributed by atoms with Crippen molar-refractivity contribution in [2.75, 3.05) is 13.7 Å². The highest BCUT2D eigenvalue weighted by Gasteiger charge is 2.14. The predicted octanol–water partition coefficient (Wildman–Crippen LogP) is 1.80. The molecule has 0 bridgehead atoms. The Balaban J connectivity index is 1.83. The summed E-state index contributed by atoms with van der Waals surface area (Å²) in [4.78, 5) is 24.9. The molecule has 0 fully saturated rings. The standard InChI is InChI=1S/C15H15NO5/c1-16(9-13-3-2-8-20-13)14(18)10-21-15(19)11-4-6-12(17)7-5-11/h2-8,17H,9-10H2,1H3. The third-order valence-corrected chi connectivity index (χ3v) is 2.83. The minimum atomic E-state index is -0.616. The Morgan fingerprint density at radius 2 is 1.95 bits per heavy atom. The lowest BCUT2D eigenvalue weighted by atomic mass is 10.2. The number of esters is 1. The molecule has 0 aliphatic heterocycles. The summed E-state index contributed by atoms with van der Waals surface area (Å²) in [6, 6.07) is 9.09. The fourth-order valence-electron chi connectivity index (χ4n) is 1.64. The Hall–Kier alpha value is -2.76. The Kier molecular flexibility index (Phi) is 4.61. The number of furan rings is 1. The molecule has 6 heteroatoms. The molecule has 1 N–H and O–H groups in total. The maximum atomic E-state index is 11.8. The van der Waals surface area contributed by atoms with Crippen molar-refractivity contribution in [3.63, 3.8) is 0 Å². The van der Waals surface area contributed by atoms with Crippen LogP contribution in [0.2, 0.25) is 0 Å². The van der Waals surface area contributed by atoms with E-state index in [2.05, 4.69) is 0 Å². The van der Waals surface area contributed by atoms with Crippen LogP contribution in [0, 0.1) is 0 Å². The number of hydrogen-bond donors (Lipinski definition) is 1. The number of ether oxygens (including phenoxy) is 1. The molecule has 0 atom stereocenters. The molecule has 1 heterocycles. The van der Waals surface area contributed by atoms with E-state index < -0.39 is 5.97 Å². The van der Waals surface area contributed by atoms with Crippen molar-refractivity contribution in [2.24, 2.45) is 0 Å². The lowest BCUT2D eigenvalue weighted by Gasteiger charge is -2.15. The van der Waals surface area contributed by atoms with Gasteiger partial charge < -0.3 is 19.2 Å². The van der Waals surface area contributed by atoms with Gasteiger partial charge in [-0.2, -0.15) is 0 Å². The summed E-state index contributed by atoms with van der Waals surface area (Å²) in [6.07, 6.45) is 1.53. The van der Waals surface area contributed by atoms with Gasteiger partial charge in [-0.05, 0) is 36.4 Å². The Morgan fingerprint density at radius 3 is 2.57 bits per heavy atom. The first-order valence-corrected chi connectivity index (χ1v) is 6.29. The van der Waals surface area contributed by atoms with Crippen molar-refractivity contribution < 1.29 is 23.8 Å². The molecule has 0 unspecified atom stereocenters. The normalized spacial score (nSPS) is 10.1. The second-order valence-electron chi connectivity index (χ2n) is 4.45. The van der Waals surface area contributed by atoms with Gasteiger partial charge >= 0.3 is 5.97 Å². The van der Waals surface area contributed by atoms with Gasteiger partial charge in [-0.3, -0.25) is 4.79 Å². The van der Waals surface area contributed by atoms with Crippen molar-refractivity contribution in [1.29, 1.82) is 0 Å². The molecule has 6 nitrogen and oxygen atoms in total. The maximum absolute atomic E-state index is 11.8. The molecule has 0 saturated heterocycles. The van der Waals surface area contributed by atoms with E-state index in [0.29, 0.717) is 12.3 Å². The van der Waals surface area contributed by atoms with Crippen molar-refractivity contribution in [3.8, 4) is 5.75 Å². The lowest BCUT2D eigenvalue weighted by molar-refractivity contribution is -0.133. The zero-order chi connectivity index (χ0) is 15.2. The maximum Gasteiger partial charge on any atom is 0.338 e. The number of carbonyl (C=O) groups is 2. The average Bonchev–Trinajstić information content (AvgIpc) is 2.98. The zero-order valence-corrected chi connectivity index (χ0v) is 11.5. The highest BCUT2D eigenvalue weighted by atomic mass is 16.5. The Bertz CT molecular complexity index is 604. The number of phenols is 1. The van der Waals surface area contributed by atoms with Gasteiger partial charge in [0.15, 0.2) is 6.61 Å². The largest absolute Gasteiger partial charge is 0.508 e. The van der Waals surface area contributed by atoms with Crippen LogP contribution in [0.5, 0.6) is 5.75 Å². The number of nitrogens with zero attached hydrogens (tertiary/aromatic N) is 1. The van der Waals surface area contributed by atoms with Crippen LogP contribution in [0.4, 0.5) is 0 Å². The minimum Gasteiger partial charge on any atom is -0.508 e. The van der Waals surface area contributed by atoms with Crippen LogP contribution < -0.4 is 0 Å². The van der Waals surface area contributed by atoms with Gasteiger partial charge in [0.2, 0.25) is 0 Å². The number of carbonyl (C=O) groups excluding carboxylic acids is 2. The van der Waals surface area contributed by atoms with Gasteiger partial charge in [-0.25, -0.2) is 4.79 Å². The average molecular weight is 289 g/mol. The van der Waals surface area contributed by atoms with Crippen LogP contribution in [0.25, 0.3) is 0 Å². The number of phenolic OH excluding ortho intramolecular Hbond substituents is 1. The summed E-state index contributed by atoms with van der Waals surface area (Å²) < 4.78 is 10.1. The molecule has 1 aromatic carbocycles. The van der Waals surface area contributed by atoms with Crippen LogP contribution in [0.1, 0.15) is 16.1 Å². The Morgan fingerprint density at radius 1 is 1.24 bits per heavy atom. The number of aromatic hydroxyl groups is 1. The van der Waals surface area contributed by atoms with E-state index in [1.807, 2.05) is 0 Å². The third-order valence-electron chi connectivity index (χ3n) is 2.83. The van der Waals surface area contributed by atoms with Crippen molar-refractivity contribution in [1.82, 2.24) is 4.90 Å². The fraction of sp³-hybridized carbons (Fsp3) is 0.200. The number of benzene rings is 1. The monoisotopic (exact) mass is 289 g/mol. The van der Waals surface area contributed by atoms with E-state index in [1.165, 1.54) is 35.4 Å². The van der Waals surface area contributed by atoms with E-state index in [0.717, 1.165) is 0 Å². The van der Waals surface area contributed by atoms with E-state index in [1.54, 1.807) is 19.2 Å². The predicted molar refractivity (Wildman–Crippen MR) is 73.6 cm³/mol. The van der Waals surface area contributed by atoms with Crippen LogP contribution in [-0.4, -0.2) is 35.5 Å². The molecular formula is C15H15NO5. The van der Waals surface area contributed by atoms with Gasteiger partial charge in [0.05, 0.1) is 18.4 Å². The number of rotatable bonds is 5. The smallest absolute Gasteiger partial charge is 0.338 e. The van der Waals surface area contributed by atoms with Crippen LogP contribution >= 0.6 is 0 Å². The van der Waals surface area contributed by atoms with Crippen molar-refractivity contribution in [3.05, 3.63) is 54.0 Å². The molecule has 0 saturated carbocycles. The molecule has 21 heavy (non-hydrogen) atoms. The molecule has 0 spiro atoms.